The molecule has 0 saturated carbocycles. The minimum atomic E-state index is 0.362. The lowest BCUT2D eigenvalue weighted by atomic mass is 10.1. The molecule has 1 aromatic heterocycles. The highest BCUT2D eigenvalue weighted by Gasteiger charge is 2.19. The molecule has 0 saturated heterocycles. The van der Waals surface area contributed by atoms with Gasteiger partial charge in [0.15, 0.2) is 0 Å². The molecular weight excluding hydrogens is 216 g/mol. The Balaban J connectivity index is 2.34. The largest absolute Gasteiger partial charge is 0.481 e. The maximum atomic E-state index is 5.61. The molecule has 0 spiro atoms. The summed E-state index contributed by atoms with van der Waals surface area (Å²) in [5, 5.41) is 0. The van der Waals surface area contributed by atoms with E-state index in [1.807, 2.05) is 0 Å². The van der Waals surface area contributed by atoms with Gasteiger partial charge in [-0.1, -0.05) is 6.92 Å². The number of fused-ring (bicyclic) bond motifs is 1. The molecule has 0 amide bonds. The molecule has 0 aliphatic carbocycles. The van der Waals surface area contributed by atoms with Crippen LogP contribution in [0.1, 0.15) is 24.0 Å². The topological polar surface area (TPSA) is 64.3 Å². The lowest BCUT2D eigenvalue weighted by Gasteiger charge is -2.16. The van der Waals surface area contributed by atoms with Gasteiger partial charge in [-0.25, -0.2) is 4.98 Å². The van der Waals surface area contributed by atoms with E-state index in [1.165, 1.54) is 0 Å². The quantitative estimate of drug-likeness (QED) is 0.821. The molecule has 5 nitrogen and oxygen atoms in total. The molecule has 1 aliphatic rings. The smallest absolute Gasteiger partial charge is 0.219 e. The summed E-state index contributed by atoms with van der Waals surface area (Å²) in [7, 11) is 1.66. The molecule has 0 atom stereocenters. The van der Waals surface area contributed by atoms with Gasteiger partial charge in [0.2, 0.25) is 5.88 Å². The Labute approximate surface area is 102 Å². The van der Waals surface area contributed by atoms with Crippen molar-refractivity contribution in [1.29, 1.82) is 0 Å². The standard InChI is InChI=1S/C12H20N4O/c1-3-16-6-4-9-10(5-7-16)14-11(8-13)15-12(9)17-2/h3-8,13H2,1-2H3. The number of rotatable bonds is 3. The van der Waals surface area contributed by atoms with Crippen LogP contribution in [0.15, 0.2) is 0 Å². The van der Waals surface area contributed by atoms with Crippen LogP contribution in [-0.4, -0.2) is 41.6 Å². The summed E-state index contributed by atoms with van der Waals surface area (Å²) >= 11 is 0. The monoisotopic (exact) mass is 236 g/mol. The van der Waals surface area contributed by atoms with Gasteiger partial charge in [-0.3, -0.25) is 0 Å². The fourth-order valence-corrected chi connectivity index (χ4v) is 2.24. The van der Waals surface area contributed by atoms with Gasteiger partial charge < -0.3 is 15.4 Å². The first-order valence-corrected chi connectivity index (χ1v) is 6.13. The van der Waals surface area contributed by atoms with Crippen molar-refractivity contribution >= 4 is 0 Å². The van der Waals surface area contributed by atoms with Gasteiger partial charge in [0.1, 0.15) is 5.82 Å². The van der Waals surface area contributed by atoms with Crippen molar-refractivity contribution in [3.63, 3.8) is 0 Å². The van der Waals surface area contributed by atoms with Crippen molar-refractivity contribution in [3.8, 4) is 5.88 Å². The summed E-state index contributed by atoms with van der Waals surface area (Å²) in [4.78, 5) is 11.3. The van der Waals surface area contributed by atoms with E-state index in [-0.39, 0.29) is 0 Å². The third kappa shape index (κ3) is 2.56. The van der Waals surface area contributed by atoms with E-state index in [2.05, 4.69) is 21.8 Å². The summed E-state index contributed by atoms with van der Waals surface area (Å²) in [6.07, 6.45) is 1.91. The minimum absolute atomic E-state index is 0.362. The molecule has 17 heavy (non-hydrogen) atoms. The lowest BCUT2D eigenvalue weighted by Crippen LogP contribution is -2.25. The lowest BCUT2D eigenvalue weighted by molar-refractivity contribution is 0.302. The number of methoxy groups -OCH3 is 1. The fraction of sp³-hybridized carbons (Fsp3) is 0.667. The van der Waals surface area contributed by atoms with Crippen LogP contribution >= 0.6 is 0 Å². The van der Waals surface area contributed by atoms with Crippen molar-refractivity contribution in [1.82, 2.24) is 14.9 Å². The van der Waals surface area contributed by atoms with Crippen LogP contribution in [0.25, 0.3) is 0 Å². The SMILES string of the molecule is CCN1CCc2nc(CN)nc(OC)c2CC1. The predicted octanol–water partition coefficient (Wildman–Crippen LogP) is 0.364. The van der Waals surface area contributed by atoms with Crippen LogP contribution in [0.2, 0.25) is 0 Å². The molecule has 0 aromatic carbocycles. The molecule has 2 N–H and O–H groups in total. The fourth-order valence-electron chi connectivity index (χ4n) is 2.24. The third-order valence-corrected chi connectivity index (χ3v) is 3.27. The zero-order valence-corrected chi connectivity index (χ0v) is 10.6. The highest BCUT2D eigenvalue weighted by atomic mass is 16.5. The van der Waals surface area contributed by atoms with E-state index in [1.54, 1.807) is 7.11 Å². The molecule has 1 aliphatic heterocycles. The molecule has 0 fully saturated rings. The first kappa shape index (κ1) is 12.3. The summed E-state index contributed by atoms with van der Waals surface area (Å²) in [5.41, 5.74) is 7.87. The van der Waals surface area contributed by atoms with Gasteiger partial charge in [0, 0.05) is 25.1 Å². The summed E-state index contributed by atoms with van der Waals surface area (Å²) in [5.74, 6) is 1.37. The number of nitrogens with zero attached hydrogens (tertiary/aromatic N) is 3. The first-order valence-electron chi connectivity index (χ1n) is 6.13. The molecule has 1 aromatic rings. The van der Waals surface area contributed by atoms with Gasteiger partial charge in [-0.05, 0) is 13.0 Å². The zero-order valence-electron chi connectivity index (χ0n) is 10.6. The number of hydrogen-bond acceptors (Lipinski definition) is 5. The van der Waals surface area contributed by atoms with Gasteiger partial charge in [-0.15, -0.1) is 0 Å². The maximum absolute atomic E-state index is 5.61. The zero-order chi connectivity index (χ0) is 12.3. The van der Waals surface area contributed by atoms with Crippen molar-refractivity contribution in [2.24, 2.45) is 5.73 Å². The van der Waals surface area contributed by atoms with Crippen molar-refractivity contribution in [2.45, 2.75) is 26.3 Å². The number of hydrogen-bond donors (Lipinski definition) is 1. The summed E-state index contributed by atoms with van der Waals surface area (Å²) < 4.78 is 5.35. The maximum Gasteiger partial charge on any atom is 0.219 e. The van der Waals surface area contributed by atoms with Gasteiger partial charge in [0.05, 0.1) is 19.3 Å². The van der Waals surface area contributed by atoms with Crippen molar-refractivity contribution < 1.29 is 4.74 Å². The molecule has 0 radical (unpaired) electrons. The Hall–Kier alpha value is -1.20. The van der Waals surface area contributed by atoms with Crippen molar-refractivity contribution in [2.75, 3.05) is 26.7 Å². The van der Waals surface area contributed by atoms with E-state index in [9.17, 15) is 0 Å². The van der Waals surface area contributed by atoms with Crippen LogP contribution in [0.5, 0.6) is 5.88 Å². The molecule has 0 bridgehead atoms. The van der Waals surface area contributed by atoms with Gasteiger partial charge >= 0.3 is 0 Å². The van der Waals surface area contributed by atoms with Gasteiger partial charge in [0.25, 0.3) is 0 Å². The average Bonchev–Trinajstić information content (AvgIpc) is 2.59. The molecular formula is C12H20N4O. The van der Waals surface area contributed by atoms with Crippen LogP contribution < -0.4 is 10.5 Å². The third-order valence-electron chi connectivity index (χ3n) is 3.27. The Morgan fingerprint density at radius 3 is 2.71 bits per heavy atom. The summed E-state index contributed by atoms with van der Waals surface area (Å²) in [6.45, 7) is 5.72. The predicted molar refractivity (Wildman–Crippen MR) is 66.0 cm³/mol. The van der Waals surface area contributed by atoms with E-state index >= 15 is 0 Å². The van der Waals surface area contributed by atoms with Crippen molar-refractivity contribution in [3.05, 3.63) is 17.1 Å². The Morgan fingerprint density at radius 2 is 2.06 bits per heavy atom. The minimum Gasteiger partial charge on any atom is -0.481 e. The van der Waals surface area contributed by atoms with E-state index < -0.39 is 0 Å². The van der Waals surface area contributed by atoms with E-state index in [0.29, 0.717) is 18.2 Å². The molecule has 94 valence electrons. The van der Waals surface area contributed by atoms with Crippen LogP contribution in [0, 0.1) is 0 Å². The van der Waals surface area contributed by atoms with E-state index in [0.717, 1.165) is 43.7 Å². The Morgan fingerprint density at radius 1 is 1.29 bits per heavy atom. The highest BCUT2D eigenvalue weighted by molar-refractivity contribution is 5.32. The second-order valence-corrected chi connectivity index (χ2v) is 4.21. The Bertz CT molecular complexity index is 394. The molecule has 2 rings (SSSR count). The van der Waals surface area contributed by atoms with Crippen LogP contribution in [0.4, 0.5) is 0 Å². The second kappa shape index (κ2) is 5.42. The second-order valence-electron chi connectivity index (χ2n) is 4.21. The number of aromatic nitrogens is 2. The normalized spacial score (nSPS) is 16.4. The number of likely N-dealkylation sites (N-methyl/N-ethyl adjacent to an activating group) is 1. The van der Waals surface area contributed by atoms with Gasteiger partial charge in [-0.2, -0.15) is 4.98 Å². The molecule has 0 unspecified atom stereocenters. The first-order chi connectivity index (χ1) is 8.28. The number of nitrogens with two attached hydrogens (primary N) is 1. The van der Waals surface area contributed by atoms with Crippen LogP contribution in [-0.2, 0) is 19.4 Å². The molecule has 2 heterocycles. The Kier molecular flexibility index (Phi) is 3.91. The average molecular weight is 236 g/mol. The van der Waals surface area contributed by atoms with E-state index in [4.69, 9.17) is 10.5 Å². The molecule has 5 heteroatoms. The number of ether oxygens (including phenoxy) is 1. The summed E-state index contributed by atoms with van der Waals surface area (Å²) in [6, 6.07) is 0. The van der Waals surface area contributed by atoms with Crippen LogP contribution in [0.3, 0.4) is 0 Å². The highest BCUT2D eigenvalue weighted by Crippen LogP contribution is 2.22.